The van der Waals surface area contributed by atoms with Crippen LogP contribution in [0.5, 0.6) is 0 Å². The van der Waals surface area contributed by atoms with Gasteiger partial charge in [-0.15, -0.1) is 0 Å². The maximum absolute atomic E-state index is 11.6. The van der Waals surface area contributed by atoms with Gasteiger partial charge >= 0.3 is 0 Å². The molecule has 0 aliphatic carbocycles. The Labute approximate surface area is 125 Å². The van der Waals surface area contributed by atoms with Crippen LogP contribution in [0.3, 0.4) is 0 Å². The molecule has 0 spiro atoms. The molecule has 0 radical (unpaired) electrons. The van der Waals surface area contributed by atoms with E-state index in [1.807, 2.05) is 17.9 Å². The molecule has 116 valence electrons. The van der Waals surface area contributed by atoms with Gasteiger partial charge in [0.1, 0.15) is 0 Å². The number of hydrogen-bond acceptors (Lipinski definition) is 3. The second-order valence-electron chi connectivity index (χ2n) is 5.57. The van der Waals surface area contributed by atoms with Crippen molar-refractivity contribution >= 4 is 11.9 Å². The predicted octanol–water partition coefficient (Wildman–Crippen LogP) is -0.127. The normalized spacial score (nSPS) is 19.0. The first kappa shape index (κ1) is 15.3. The molecule has 1 aliphatic rings. The van der Waals surface area contributed by atoms with Crippen LogP contribution in [0.1, 0.15) is 17.9 Å². The average Bonchev–Trinajstić information content (AvgIpc) is 3.08. The van der Waals surface area contributed by atoms with Crippen molar-refractivity contribution in [2.45, 2.75) is 12.3 Å². The van der Waals surface area contributed by atoms with Crippen LogP contribution in [0, 0.1) is 0 Å². The molecular formula is C14H24N6O. The van der Waals surface area contributed by atoms with E-state index in [1.165, 1.54) is 5.56 Å². The Kier molecular flexibility index (Phi) is 4.82. The zero-order valence-electron chi connectivity index (χ0n) is 13.2. The minimum absolute atomic E-state index is 0.0409. The molecule has 7 nitrogen and oxygen atoms in total. The summed E-state index contributed by atoms with van der Waals surface area (Å²) in [6.07, 6.45) is 5.08. The summed E-state index contributed by atoms with van der Waals surface area (Å²) in [5.41, 5.74) is 1.26. The summed E-state index contributed by atoms with van der Waals surface area (Å²) in [5, 5.41) is 7.37. The van der Waals surface area contributed by atoms with E-state index in [1.54, 1.807) is 26.0 Å². The van der Waals surface area contributed by atoms with Crippen molar-refractivity contribution in [1.82, 2.24) is 24.9 Å². The van der Waals surface area contributed by atoms with E-state index in [2.05, 4.69) is 26.5 Å². The van der Waals surface area contributed by atoms with E-state index in [4.69, 9.17) is 0 Å². The van der Waals surface area contributed by atoms with Crippen molar-refractivity contribution in [3.63, 3.8) is 0 Å². The summed E-state index contributed by atoms with van der Waals surface area (Å²) in [5.74, 6) is 1.30. The summed E-state index contributed by atoms with van der Waals surface area (Å²) in [4.78, 5) is 19.7. The lowest BCUT2D eigenvalue weighted by Crippen LogP contribution is -2.44. The van der Waals surface area contributed by atoms with Gasteiger partial charge in [0.25, 0.3) is 0 Å². The number of amides is 1. The van der Waals surface area contributed by atoms with Gasteiger partial charge in [0, 0.05) is 53.4 Å². The first-order valence-electron chi connectivity index (χ1n) is 7.15. The first-order chi connectivity index (χ1) is 10.0. The van der Waals surface area contributed by atoms with E-state index < -0.39 is 0 Å². The van der Waals surface area contributed by atoms with Gasteiger partial charge in [-0.25, -0.2) is 0 Å². The SMILES string of the molecule is CN=C(NCC(=O)N(C)C)N1CCC(c2cnn(C)c2)C1. The van der Waals surface area contributed by atoms with E-state index in [-0.39, 0.29) is 12.5 Å². The lowest BCUT2D eigenvalue weighted by molar-refractivity contribution is -0.127. The summed E-state index contributed by atoms with van der Waals surface area (Å²) in [6.45, 7) is 2.12. The Bertz CT molecular complexity index is 521. The third-order valence-corrected chi connectivity index (χ3v) is 3.79. The number of aliphatic imine (C=N–C) groups is 1. The van der Waals surface area contributed by atoms with Crippen LogP contribution in [0.15, 0.2) is 17.4 Å². The number of likely N-dealkylation sites (N-methyl/N-ethyl adjacent to an activating group) is 1. The summed E-state index contributed by atoms with van der Waals surface area (Å²) in [6, 6.07) is 0. The molecule has 1 aromatic heterocycles. The number of rotatable bonds is 3. The maximum atomic E-state index is 11.6. The number of likely N-dealkylation sites (tertiary alicyclic amines) is 1. The molecule has 0 aromatic carbocycles. The van der Waals surface area contributed by atoms with E-state index in [0.29, 0.717) is 5.92 Å². The predicted molar refractivity (Wildman–Crippen MR) is 82.2 cm³/mol. The number of guanidine groups is 1. The van der Waals surface area contributed by atoms with Crippen molar-refractivity contribution in [3.8, 4) is 0 Å². The molecule has 1 atom stereocenters. The lowest BCUT2D eigenvalue weighted by Gasteiger charge is -2.22. The van der Waals surface area contributed by atoms with E-state index in [9.17, 15) is 4.79 Å². The largest absolute Gasteiger partial charge is 0.347 e. The minimum atomic E-state index is 0.0409. The Morgan fingerprint density at radius 1 is 1.57 bits per heavy atom. The zero-order chi connectivity index (χ0) is 15.4. The van der Waals surface area contributed by atoms with Crippen LogP contribution < -0.4 is 5.32 Å². The zero-order valence-corrected chi connectivity index (χ0v) is 13.2. The fourth-order valence-corrected chi connectivity index (χ4v) is 2.52. The molecule has 1 aliphatic heterocycles. The highest BCUT2D eigenvalue weighted by atomic mass is 16.2. The molecule has 2 heterocycles. The highest BCUT2D eigenvalue weighted by molar-refractivity contribution is 5.86. The van der Waals surface area contributed by atoms with Gasteiger partial charge < -0.3 is 15.1 Å². The van der Waals surface area contributed by atoms with Crippen LogP contribution in [0.4, 0.5) is 0 Å². The summed E-state index contributed by atoms with van der Waals surface area (Å²) < 4.78 is 1.83. The molecule has 1 saturated heterocycles. The molecule has 1 N–H and O–H groups in total. The molecule has 1 fully saturated rings. The molecule has 0 bridgehead atoms. The van der Waals surface area contributed by atoms with Gasteiger partial charge in [-0.3, -0.25) is 14.5 Å². The maximum Gasteiger partial charge on any atom is 0.241 e. The molecule has 21 heavy (non-hydrogen) atoms. The Balaban J connectivity index is 1.91. The third-order valence-electron chi connectivity index (χ3n) is 3.79. The van der Waals surface area contributed by atoms with Crippen LogP contribution in [-0.4, -0.2) is 72.2 Å². The minimum Gasteiger partial charge on any atom is -0.347 e. The number of carbonyl (C=O) groups excluding carboxylic acids is 1. The van der Waals surface area contributed by atoms with Crippen LogP contribution in [-0.2, 0) is 11.8 Å². The second-order valence-corrected chi connectivity index (χ2v) is 5.57. The van der Waals surface area contributed by atoms with Gasteiger partial charge in [0.15, 0.2) is 5.96 Å². The fourth-order valence-electron chi connectivity index (χ4n) is 2.52. The van der Waals surface area contributed by atoms with Crippen LogP contribution >= 0.6 is 0 Å². The lowest BCUT2D eigenvalue weighted by atomic mass is 10.0. The first-order valence-corrected chi connectivity index (χ1v) is 7.15. The van der Waals surface area contributed by atoms with Crippen molar-refractivity contribution in [3.05, 3.63) is 18.0 Å². The van der Waals surface area contributed by atoms with Gasteiger partial charge in [0.05, 0.1) is 12.7 Å². The van der Waals surface area contributed by atoms with Crippen molar-refractivity contribution in [2.24, 2.45) is 12.0 Å². The van der Waals surface area contributed by atoms with Crippen LogP contribution in [0.25, 0.3) is 0 Å². The standard InChI is InChI=1S/C14H24N6O/c1-15-14(16-8-13(21)18(2)3)20-6-5-11(10-20)12-7-17-19(4)9-12/h7,9,11H,5-6,8,10H2,1-4H3,(H,15,16). The fraction of sp³-hybridized carbons (Fsp3) is 0.643. The molecule has 0 saturated carbocycles. The van der Waals surface area contributed by atoms with Crippen molar-refractivity contribution in [1.29, 1.82) is 0 Å². The summed E-state index contributed by atoms with van der Waals surface area (Å²) >= 11 is 0. The van der Waals surface area contributed by atoms with Gasteiger partial charge in [-0.1, -0.05) is 0 Å². The monoisotopic (exact) mass is 292 g/mol. The average molecular weight is 292 g/mol. The van der Waals surface area contributed by atoms with Crippen molar-refractivity contribution in [2.75, 3.05) is 40.8 Å². The number of nitrogens with one attached hydrogen (secondary N) is 1. The number of carbonyl (C=O) groups is 1. The highest BCUT2D eigenvalue weighted by Gasteiger charge is 2.27. The molecule has 2 rings (SSSR count). The Morgan fingerprint density at radius 3 is 2.90 bits per heavy atom. The number of aryl methyl sites for hydroxylation is 1. The molecule has 1 amide bonds. The number of hydrogen-bond donors (Lipinski definition) is 1. The van der Waals surface area contributed by atoms with Gasteiger partial charge in [-0.05, 0) is 12.0 Å². The Morgan fingerprint density at radius 2 is 2.33 bits per heavy atom. The Hall–Kier alpha value is -2.05. The van der Waals surface area contributed by atoms with Crippen LogP contribution in [0.2, 0.25) is 0 Å². The second kappa shape index (κ2) is 6.60. The topological polar surface area (TPSA) is 65.8 Å². The number of aromatic nitrogens is 2. The molecule has 7 heteroatoms. The smallest absolute Gasteiger partial charge is 0.241 e. The quantitative estimate of drug-likeness (QED) is 0.623. The number of nitrogens with zero attached hydrogens (tertiary/aromatic N) is 5. The van der Waals surface area contributed by atoms with E-state index >= 15 is 0 Å². The third kappa shape index (κ3) is 3.74. The highest BCUT2D eigenvalue weighted by Crippen LogP contribution is 2.26. The molecule has 1 unspecified atom stereocenters. The van der Waals surface area contributed by atoms with Gasteiger partial charge in [0.2, 0.25) is 5.91 Å². The van der Waals surface area contributed by atoms with Gasteiger partial charge in [-0.2, -0.15) is 5.10 Å². The van der Waals surface area contributed by atoms with Crippen molar-refractivity contribution < 1.29 is 4.79 Å². The molecule has 1 aromatic rings. The summed E-state index contributed by atoms with van der Waals surface area (Å²) in [7, 11) is 7.19. The molecular weight excluding hydrogens is 268 g/mol. The van der Waals surface area contributed by atoms with E-state index in [0.717, 1.165) is 25.5 Å².